The van der Waals surface area contributed by atoms with Crippen LogP contribution >= 0.6 is 24.0 Å². The summed E-state index contributed by atoms with van der Waals surface area (Å²) >= 11 is 0. The fourth-order valence-corrected chi connectivity index (χ4v) is 4.07. The highest BCUT2D eigenvalue weighted by atomic mass is 127. The van der Waals surface area contributed by atoms with Gasteiger partial charge in [-0.15, -0.1) is 24.0 Å². The lowest BCUT2D eigenvalue weighted by Gasteiger charge is -2.25. The van der Waals surface area contributed by atoms with E-state index in [0.29, 0.717) is 22.3 Å². The lowest BCUT2D eigenvalue weighted by molar-refractivity contribution is 0.156. The summed E-state index contributed by atoms with van der Waals surface area (Å²) in [5.41, 5.74) is 1.08. The van der Waals surface area contributed by atoms with Crippen LogP contribution in [0.1, 0.15) is 40.5 Å². The summed E-state index contributed by atoms with van der Waals surface area (Å²) in [6, 6.07) is 0.519. The van der Waals surface area contributed by atoms with Gasteiger partial charge in [0.1, 0.15) is 0 Å². The van der Waals surface area contributed by atoms with Crippen LogP contribution in [0.5, 0.6) is 0 Å². The molecule has 0 aromatic carbocycles. The zero-order chi connectivity index (χ0) is 14.6. The molecule has 0 aromatic rings. The topological polar surface area (TPSA) is 36.9 Å². The molecule has 1 spiro atoms. The summed E-state index contributed by atoms with van der Waals surface area (Å²) in [6.45, 7) is 13.4. The van der Waals surface area contributed by atoms with Gasteiger partial charge in [0.05, 0.1) is 6.61 Å². The average Bonchev–Trinajstić information content (AvgIpc) is 2.88. The maximum absolute atomic E-state index is 5.62. The highest BCUT2D eigenvalue weighted by Crippen LogP contribution is 2.62. The summed E-state index contributed by atoms with van der Waals surface area (Å²) < 4.78 is 5.62. The van der Waals surface area contributed by atoms with Crippen LogP contribution in [0, 0.1) is 16.2 Å². The minimum Gasteiger partial charge on any atom is -0.381 e. The minimum atomic E-state index is 0. The smallest absolute Gasteiger partial charge is 0.193 e. The molecular weight excluding hydrogens is 377 g/mol. The first-order chi connectivity index (χ1) is 9.32. The van der Waals surface area contributed by atoms with Crippen molar-refractivity contribution in [2.75, 3.05) is 33.4 Å². The van der Waals surface area contributed by atoms with Crippen molar-refractivity contribution in [3.05, 3.63) is 0 Å². The van der Waals surface area contributed by atoms with Gasteiger partial charge in [-0.25, -0.2) is 0 Å². The molecule has 0 aromatic heterocycles. The standard InChI is InChI=1S/C16H29N3O.HI/c1-14(2)12(15(14,3)4)18-13(17-5)19-8-6-16(10-19)7-9-20-11-16;/h12H,6-11H2,1-5H3,(H,17,18);1H. The van der Waals surface area contributed by atoms with Crippen LogP contribution in [0.25, 0.3) is 0 Å². The maximum Gasteiger partial charge on any atom is 0.193 e. The molecule has 0 amide bonds. The number of likely N-dealkylation sites (tertiary alicyclic amines) is 1. The van der Waals surface area contributed by atoms with Gasteiger partial charge in [0, 0.05) is 38.2 Å². The zero-order valence-corrected chi connectivity index (χ0v) is 16.4. The molecule has 2 heterocycles. The molecule has 2 saturated heterocycles. The third-order valence-electron chi connectivity index (χ3n) is 6.43. The molecule has 5 heteroatoms. The van der Waals surface area contributed by atoms with Crippen LogP contribution < -0.4 is 5.32 Å². The first-order valence-corrected chi connectivity index (χ1v) is 7.88. The molecule has 1 atom stereocenters. The van der Waals surface area contributed by atoms with E-state index in [1.54, 1.807) is 0 Å². The van der Waals surface area contributed by atoms with Crippen molar-refractivity contribution in [2.24, 2.45) is 21.2 Å². The maximum atomic E-state index is 5.62. The van der Waals surface area contributed by atoms with Gasteiger partial charge in [0.15, 0.2) is 5.96 Å². The number of ether oxygens (including phenoxy) is 1. The van der Waals surface area contributed by atoms with Crippen LogP contribution in [0.15, 0.2) is 4.99 Å². The molecule has 1 saturated carbocycles. The molecule has 21 heavy (non-hydrogen) atoms. The quantitative estimate of drug-likeness (QED) is 0.413. The van der Waals surface area contributed by atoms with Crippen LogP contribution in [-0.4, -0.2) is 50.3 Å². The van der Waals surface area contributed by atoms with E-state index in [4.69, 9.17) is 4.74 Å². The fourth-order valence-electron chi connectivity index (χ4n) is 4.07. The second-order valence-electron chi connectivity index (χ2n) is 8.04. The van der Waals surface area contributed by atoms with Gasteiger partial charge in [-0.1, -0.05) is 27.7 Å². The van der Waals surface area contributed by atoms with E-state index < -0.39 is 0 Å². The van der Waals surface area contributed by atoms with E-state index in [0.717, 1.165) is 32.3 Å². The largest absolute Gasteiger partial charge is 0.381 e. The number of rotatable bonds is 1. The highest BCUT2D eigenvalue weighted by Gasteiger charge is 2.65. The zero-order valence-electron chi connectivity index (χ0n) is 14.0. The van der Waals surface area contributed by atoms with E-state index in [2.05, 4.69) is 42.9 Å². The minimum absolute atomic E-state index is 0. The first-order valence-electron chi connectivity index (χ1n) is 7.88. The molecule has 0 radical (unpaired) electrons. The summed E-state index contributed by atoms with van der Waals surface area (Å²) in [5, 5.41) is 3.70. The van der Waals surface area contributed by atoms with E-state index >= 15 is 0 Å². The number of aliphatic imine (C=N–C) groups is 1. The van der Waals surface area contributed by atoms with Gasteiger partial charge in [0.2, 0.25) is 0 Å². The normalized spacial score (nSPS) is 34.1. The van der Waals surface area contributed by atoms with Crippen molar-refractivity contribution in [3.8, 4) is 0 Å². The Hall–Kier alpha value is -0.0400. The third kappa shape index (κ3) is 2.69. The molecular formula is C16H30IN3O. The van der Waals surface area contributed by atoms with Crippen molar-refractivity contribution in [2.45, 2.75) is 46.6 Å². The van der Waals surface area contributed by atoms with Crippen molar-refractivity contribution in [1.29, 1.82) is 0 Å². The highest BCUT2D eigenvalue weighted by molar-refractivity contribution is 14.0. The Balaban J connectivity index is 0.00000161. The van der Waals surface area contributed by atoms with Crippen molar-refractivity contribution in [1.82, 2.24) is 10.2 Å². The Kier molecular flexibility index (Phi) is 4.58. The number of guanidine groups is 1. The summed E-state index contributed by atoms with van der Waals surface area (Å²) in [4.78, 5) is 6.96. The predicted molar refractivity (Wildman–Crippen MR) is 97.3 cm³/mol. The molecule has 0 bridgehead atoms. The Labute approximate surface area is 146 Å². The molecule has 1 N–H and O–H groups in total. The molecule has 3 fully saturated rings. The third-order valence-corrected chi connectivity index (χ3v) is 6.43. The predicted octanol–water partition coefficient (Wildman–Crippen LogP) is 2.73. The van der Waals surface area contributed by atoms with Crippen LogP contribution in [0.4, 0.5) is 0 Å². The van der Waals surface area contributed by atoms with Gasteiger partial charge in [0.25, 0.3) is 0 Å². The second-order valence-corrected chi connectivity index (χ2v) is 8.04. The molecule has 1 unspecified atom stereocenters. The molecule has 122 valence electrons. The van der Waals surface area contributed by atoms with E-state index in [-0.39, 0.29) is 24.0 Å². The van der Waals surface area contributed by atoms with Gasteiger partial charge < -0.3 is 15.0 Å². The molecule has 1 aliphatic carbocycles. The number of nitrogens with one attached hydrogen (secondary N) is 1. The van der Waals surface area contributed by atoms with Crippen LogP contribution in [-0.2, 0) is 4.74 Å². The van der Waals surface area contributed by atoms with E-state index in [1.165, 1.54) is 12.8 Å². The van der Waals surface area contributed by atoms with Crippen molar-refractivity contribution >= 4 is 29.9 Å². The van der Waals surface area contributed by atoms with Gasteiger partial charge in [-0.3, -0.25) is 4.99 Å². The first kappa shape index (κ1) is 17.3. The summed E-state index contributed by atoms with van der Waals surface area (Å²) in [6.07, 6.45) is 2.45. The number of nitrogens with zero attached hydrogens (tertiary/aromatic N) is 2. The number of hydrogen-bond donors (Lipinski definition) is 1. The SMILES string of the molecule is CN=C(NC1C(C)(C)C1(C)C)N1CCC2(CCOC2)C1.I. The Morgan fingerprint density at radius 2 is 1.86 bits per heavy atom. The van der Waals surface area contributed by atoms with Crippen molar-refractivity contribution in [3.63, 3.8) is 0 Å². The lowest BCUT2D eigenvalue weighted by Crippen LogP contribution is -2.43. The Morgan fingerprint density at radius 1 is 1.19 bits per heavy atom. The molecule has 4 nitrogen and oxygen atoms in total. The Morgan fingerprint density at radius 3 is 2.33 bits per heavy atom. The second kappa shape index (κ2) is 5.55. The monoisotopic (exact) mass is 407 g/mol. The lowest BCUT2D eigenvalue weighted by atomic mass is 9.87. The van der Waals surface area contributed by atoms with Gasteiger partial charge in [-0.05, 0) is 23.7 Å². The number of halogens is 1. The van der Waals surface area contributed by atoms with Crippen LogP contribution in [0.3, 0.4) is 0 Å². The van der Waals surface area contributed by atoms with E-state index in [1.807, 2.05) is 7.05 Å². The van der Waals surface area contributed by atoms with Crippen molar-refractivity contribution < 1.29 is 4.74 Å². The fraction of sp³-hybridized carbons (Fsp3) is 0.938. The molecule has 3 aliphatic rings. The van der Waals surface area contributed by atoms with E-state index in [9.17, 15) is 0 Å². The summed E-state index contributed by atoms with van der Waals surface area (Å²) in [5.74, 6) is 1.08. The average molecular weight is 407 g/mol. The van der Waals surface area contributed by atoms with Gasteiger partial charge in [-0.2, -0.15) is 0 Å². The summed E-state index contributed by atoms with van der Waals surface area (Å²) in [7, 11) is 1.90. The van der Waals surface area contributed by atoms with Gasteiger partial charge >= 0.3 is 0 Å². The molecule has 2 aliphatic heterocycles. The number of hydrogen-bond acceptors (Lipinski definition) is 2. The molecule has 3 rings (SSSR count). The van der Waals surface area contributed by atoms with Crippen LogP contribution in [0.2, 0.25) is 0 Å². The Bertz CT molecular complexity index is 413.